The van der Waals surface area contributed by atoms with E-state index in [4.69, 9.17) is 0 Å². The summed E-state index contributed by atoms with van der Waals surface area (Å²) < 4.78 is 0. The molecule has 58 valence electrons. The van der Waals surface area contributed by atoms with Gasteiger partial charge in [0.25, 0.3) is 0 Å². The Hall–Kier alpha value is -1.22. The molecule has 0 fully saturated rings. The van der Waals surface area contributed by atoms with Crippen molar-refractivity contribution in [3.05, 3.63) is 23.8 Å². The Morgan fingerprint density at radius 1 is 1.27 bits per heavy atom. The van der Waals surface area contributed by atoms with Crippen LogP contribution in [-0.2, 0) is 6.42 Å². The van der Waals surface area contributed by atoms with Crippen molar-refractivity contribution in [2.24, 2.45) is 0 Å². The lowest BCUT2D eigenvalue weighted by Gasteiger charge is -2.02. The molecule has 1 aliphatic heterocycles. The Kier molecular flexibility index (Phi) is 1.43. The molecule has 1 heterocycles. The fraction of sp³-hybridized carbons (Fsp3) is 0.250. The lowest BCUT2D eigenvalue weighted by molar-refractivity contribution is 1.00. The van der Waals surface area contributed by atoms with Crippen molar-refractivity contribution in [1.29, 1.82) is 0 Å². The number of para-hydroxylation sites is 1. The zero-order valence-electron chi connectivity index (χ0n) is 6.44. The molecule has 0 aliphatic carbocycles. The van der Waals surface area contributed by atoms with Gasteiger partial charge >= 0.3 is 0 Å². The van der Waals surface area contributed by atoms with Crippen molar-refractivity contribution in [2.75, 3.05) is 10.9 Å². The van der Waals surface area contributed by atoms with Gasteiger partial charge in [0.15, 0.2) is 0 Å². The summed E-state index contributed by atoms with van der Waals surface area (Å²) in [6.07, 6.45) is 1.06. The predicted molar refractivity (Wildman–Crippen MR) is 46.2 cm³/mol. The number of fused-ring (bicyclic) bond motifs is 1. The smallest absolute Gasteiger partial charge is 0.0782 e. The number of hydrazine groups is 2. The Balaban J connectivity index is 2.50. The fourth-order valence-corrected chi connectivity index (χ4v) is 1.31. The number of anilines is 2. The molecule has 1 aromatic carbocycles. The van der Waals surface area contributed by atoms with Crippen molar-refractivity contribution in [3.63, 3.8) is 0 Å². The van der Waals surface area contributed by atoms with Crippen molar-refractivity contribution >= 4 is 11.4 Å². The molecule has 3 nitrogen and oxygen atoms in total. The topological polar surface area (TPSA) is 36.1 Å². The third kappa shape index (κ3) is 0.935. The molecule has 1 aromatic rings. The standard InChI is InChI=1S/C8H11N3/c1-2-6-4-3-5-7-8(6)10-11-9-7/h3-5,9-11H,2H2,1H3. The molecule has 1 aliphatic rings. The molecule has 0 unspecified atom stereocenters. The first kappa shape index (κ1) is 6.49. The third-order valence-corrected chi connectivity index (χ3v) is 1.92. The van der Waals surface area contributed by atoms with Crippen molar-refractivity contribution in [2.45, 2.75) is 13.3 Å². The van der Waals surface area contributed by atoms with Gasteiger partial charge in [-0.25, -0.2) is 0 Å². The van der Waals surface area contributed by atoms with Gasteiger partial charge in [0, 0.05) is 0 Å². The molecule has 0 atom stereocenters. The first-order valence-corrected chi connectivity index (χ1v) is 3.80. The summed E-state index contributed by atoms with van der Waals surface area (Å²) in [6, 6.07) is 6.22. The highest BCUT2D eigenvalue weighted by Crippen LogP contribution is 2.27. The molecule has 0 radical (unpaired) electrons. The van der Waals surface area contributed by atoms with Crippen LogP contribution in [0.5, 0.6) is 0 Å². The van der Waals surface area contributed by atoms with E-state index >= 15 is 0 Å². The minimum absolute atomic E-state index is 1.06. The van der Waals surface area contributed by atoms with Gasteiger partial charge in [-0.2, -0.15) is 0 Å². The highest BCUT2D eigenvalue weighted by atomic mass is 15.6. The molecule has 11 heavy (non-hydrogen) atoms. The van der Waals surface area contributed by atoms with Crippen molar-refractivity contribution < 1.29 is 0 Å². The second-order valence-corrected chi connectivity index (χ2v) is 2.57. The number of hydrogen-bond donors (Lipinski definition) is 3. The largest absolute Gasteiger partial charge is 0.302 e. The number of aryl methyl sites for hydroxylation is 1. The van der Waals surface area contributed by atoms with E-state index < -0.39 is 0 Å². The Morgan fingerprint density at radius 3 is 3.00 bits per heavy atom. The van der Waals surface area contributed by atoms with Gasteiger partial charge in [0.1, 0.15) is 0 Å². The average Bonchev–Trinajstić information content (AvgIpc) is 2.50. The molecule has 0 amide bonds. The maximum atomic E-state index is 3.06. The van der Waals surface area contributed by atoms with Crippen LogP contribution < -0.4 is 16.4 Å². The second kappa shape index (κ2) is 2.43. The van der Waals surface area contributed by atoms with E-state index in [-0.39, 0.29) is 0 Å². The summed E-state index contributed by atoms with van der Waals surface area (Å²) in [5, 5.41) is 0. The summed E-state index contributed by atoms with van der Waals surface area (Å²) in [5.74, 6) is 0. The van der Waals surface area contributed by atoms with E-state index in [0.717, 1.165) is 12.1 Å². The van der Waals surface area contributed by atoms with Crippen LogP contribution in [0.25, 0.3) is 0 Å². The number of hydrogen-bond acceptors (Lipinski definition) is 3. The van der Waals surface area contributed by atoms with E-state index in [1.807, 2.05) is 6.07 Å². The van der Waals surface area contributed by atoms with Crippen molar-refractivity contribution in [1.82, 2.24) is 5.53 Å². The van der Waals surface area contributed by atoms with Gasteiger partial charge in [-0.05, 0) is 18.1 Å². The lowest BCUT2D eigenvalue weighted by atomic mass is 10.1. The Bertz CT molecular complexity index is 270. The molecule has 0 saturated heterocycles. The minimum atomic E-state index is 1.06. The van der Waals surface area contributed by atoms with Crippen LogP contribution in [0.4, 0.5) is 11.4 Å². The van der Waals surface area contributed by atoms with E-state index in [9.17, 15) is 0 Å². The summed E-state index contributed by atoms with van der Waals surface area (Å²) in [4.78, 5) is 0. The number of benzene rings is 1. The highest BCUT2D eigenvalue weighted by Gasteiger charge is 2.10. The van der Waals surface area contributed by atoms with Crippen LogP contribution in [0.3, 0.4) is 0 Å². The lowest BCUT2D eigenvalue weighted by Crippen LogP contribution is -2.19. The Labute approximate surface area is 65.7 Å². The van der Waals surface area contributed by atoms with Crippen LogP contribution in [0.15, 0.2) is 18.2 Å². The SMILES string of the molecule is CCc1cccc2c1NNN2. The molecule has 0 saturated carbocycles. The average molecular weight is 149 g/mol. The van der Waals surface area contributed by atoms with Gasteiger partial charge in [-0.3, -0.25) is 0 Å². The summed E-state index contributed by atoms with van der Waals surface area (Å²) >= 11 is 0. The van der Waals surface area contributed by atoms with Crippen LogP contribution in [0, 0.1) is 0 Å². The van der Waals surface area contributed by atoms with Gasteiger partial charge in [-0.15, -0.1) is 5.53 Å². The minimum Gasteiger partial charge on any atom is -0.302 e. The van der Waals surface area contributed by atoms with E-state index in [1.54, 1.807) is 0 Å². The normalized spacial score (nSPS) is 13.5. The quantitative estimate of drug-likeness (QED) is 0.566. The van der Waals surface area contributed by atoms with E-state index in [0.29, 0.717) is 0 Å². The molecule has 3 N–H and O–H groups in total. The summed E-state index contributed by atoms with van der Waals surface area (Å²) in [5.41, 5.74) is 12.6. The van der Waals surface area contributed by atoms with E-state index in [2.05, 4.69) is 35.4 Å². The summed E-state index contributed by atoms with van der Waals surface area (Å²) in [6.45, 7) is 2.15. The van der Waals surface area contributed by atoms with Crippen LogP contribution in [0.2, 0.25) is 0 Å². The van der Waals surface area contributed by atoms with Crippen molar-refractivity contribution in [3.8, 4) is 0 Å². The number of rotatable bonds is 1. The monoisotopic (exact) mass is 149 g/mol. The van der Waals surface area contributed by atoms with Gasteiger partial charge in [0.05, 0.1) is 11.4 Å². The predicted octanol–water partition coefficient (Wildman–Crippen LogP) is 1.51. The first-order chi connectivity index (χ1) is 5.42. The molecule has 0 bridgehead atoms. The molecule has 0 spiro atoms. The molecule has 2 rings (SSSR count). The molecule has 3 heteroatoms. The van der Waals surface area contributed by atoms with E-state index in [1.165, 1.54) is 11.3 Å². The third-order valence-electron chi connectivity index (χ3n) is 1.92. The fourth-order valence-electron chi connectivity index (χ4n) is 1.31. The van der Waals surface area contributed by atoms with Gasteiger partial charge in [0.2, 0.25) is 0 Å². The Morgan fingerprint density at radius 2 is 2.18 bits per heavy atom. The van der Waals surface area contributed by atoms with Crippen LogP contribution >= 0.6 is 0 Å². The van der Waals surface area contributed by atoms with Gasteiger partial charge in [-0.1, -0.05) is 19.1 Å². The zero-order valence-corrected chi connectivity index (χ0v) is 6.44. The maximum absolute atomic E-state index is 3.06. The molecule has 0 aromatic heterocycles. The number of nitrogens with one attached hydrogen (secondary N) is 3. The molecular weight excluding hydrogens is 138 g/mol. The highest BCUT2D eigenvalue weighted by molar-refractivity contribution is 5.74. The maximum Gasteiger partial charge on any atom is 0.0782 e. The van der Waals surface area contributed by atoms with Gasteiger partial charge < -0.3 is 10.9 Å². The summed E-state index contributed by atoms with van der Waals surface area (Å²) in [7, 11) is 0. The molecular formula is C8H11N3. The zero-order chi connectivity index (χ0) is 7.68. The second-order valence-electron chi connectivity index (χ2n) is 2.57. The van der Waals surface area contributed by atoms with Crippen LogP contribution in [-0.4, -0.2) is 0 Å². The first-order valence-electron chi connectivity index (χ1n) is 3.80. The van der Waals surface area contributed by atoms with Crippen LogP contribution in [0.1, 0.15) is 12.5 Å².